The lowest BCUT2D eigenvalue weighted by Gasteiger charge is -2.36. The zero-order valence-corrected chi connectivity index (χ0v) is 30.7. The lowest BCUT2D eigenvalue weighted by molar-refractivity contribution is -0.161. The molecule has 0 saturated carbocycles. The number of carbonyl (C=O) groups excluding carboxylic acids is 5. The van der Waals surface area contributed by atoms with Gasteiger partial charge in [0.15, 0.2) is 0 Å². The topological polar surface area (TPSA) is 153 Å². The van der Waals surface area contributed by atoms with E-state index in [9.17, 15) is 29.1 Å². The largest absolute Gasteiger partial charge is 0.461 e. The van der Waals surface area contributed by atoms with E-state index in [1.807, 2.05) is 32.2 Å². The van der Waals surface area contributed by atoms with Gasteiger partial charge in [0.25, 0.3) is 11.8 Å². The molecule has 0 aromatic carbocycles. The third-order valence-electron chi connectivity index (χ3n) is 10.3. The van der Waals surface area contributed by atoms with Crippen LogP contribution < -0.4 is 0 Å². The van der Waals surface area contributed by atoms with Crippen molar-refractivity contribution in [3.8, 4) is 0 Å². The maximum Gasteiger partial charge on any atom is 0.309 e. The van der Waals surface area contributed by atoms with Crippen LogP contribution in [0.25, 0.3) is 6.08 Å². The van der Waals surface area contributed by atoms with E-state index in [1.165, 1.54) is 28.4 Å². The van der Waals surface area contributed by atoms with Gasteiger partial charge in [-0.15, -0.1) is 11.3 Å². The smallest absolute Gasteiger partial charge is 0.309 e. The number of aromatic nitrogens is 1. The number of fused-ring (bicyclic) bond motifs is 1. The summed E-state index contributed by atoms with van der Waals surface area (Å²) in [6.45, 7) is 13.1. The van der Waals surface area contributed by atoms with Gasteiger partial charge in [-0.05, 0) is 64.0 Å². The number of hydrogen-bond donors (Lipinski definition) is 1. The van der Waals surface area contributed by atoms with Gasteiger partial charge in [-0.1, -0.05) is 40.5 Å². The van der Waals surface area contributed by atoms with Crippen molar-refractivity contribution in [2.75, 3.05) is 6.54 Å². The Morgan fingerprint density at radius 3 is 2.47 bits per heavy atom. The van der Waals surface area contributed by atoms with E-state index < -0.39 is 47.2 Å². The molecule has 2 saturated heterocycles. The molecule has 3 aliphatic heterocycles. The van der Waals surface area contributed by atoms with E-state index in [0.29, 0.717) is 38.6 Å². The van der Waals surface area contributed by atoms with Crippen molar-refractivity contribution in [1.82, 2.24) is 9.88 Å². The molecular weight excluding hydrogens is 648 g/mol. The van der Waals surface area contributed by atoms with Gasteiger partial charge in [-0.25, -0.2) is 4.98 Å². The molecule has 7 atom stereocenters. The number of epoxide rings is 1. The highest BCUT2D eigenvalue weighted by Crippen LogP contribution is 2.45. The van der Waals surface area contributed by atoms with Crippen molar-refractivity contribution in [3.05, 3.63) is 33.8 Å². The predicted octanol–water partition coefficient (Wildman–Crippen LogP) is 5.51. The Kier molecular flexibility index (Phi) is 12.8. The summed E-state index contributed by atoms with van der Waals surface area (Å²) in [6.07, 6.45) is 5.78. The third-order valence-corrected chi connectivity index (χ3v) is 11.1. The van der Waals surface area contributed by atoms with Gasteiger partial charge in [0.1, 0.15) is 18.0 Å². The Hall–Kier alpha value is -3.22. The minimum Gasteiger partial charge on any atom is -0.461 e. The summed E-state index contributed by atoms with van der Waals surface area (Å²) in [5, 5.41) is 14.1. The van der Waals surface area contributed by atoms with Crippen LogP contribution in [-0.2, 0) is 38.2 Å². The second kappa shape index (κ2) is 16.2. The van der Waals surface area contributed by atoms with Gasteiger partial charge in [-0.3, -0.25) is 28.9 Å². The number of unbranched alkanes of at least 4 members (excludes halogenated alkanes) is 2. The van der Waals surface area contributed by atoms with Crippen LogP contribution >= 0.6 is 11.3 Å². The lowest BCUT2D eigenvalue weighted by Crippen LogP contribution is -2.47. The predicted molar refractivity (Wildman–Crippen MR) is 184 cm³/mol. The fraction of sp³-hybridized carbons (Fsp3) is 0.676. The molecule has 0 radical (unpaired) electrons. The normalized spacial score (nSPS) is 31.4. The summed E-state index contributed by atoms with van der Waals surface area (Å²) in [4.78, 5) is 69.5. The number of amides is 2. The molecule has 0 bridgehead atoms. The molecule has 2 amide bonds. The van der Waals surface area contributed by atoms with E-state index in [1.54, 1.807) is 20.8 Å². The van der Waals surface area contributed by atoms with E-state index in [4.69, 9.17) is 14.2 Å². The number of hydrogen-bond acceptors (Lipinski definition) is 11. The van der Waals surface area contributed by atoms with E-state index in [2.05, 4.69) is 11.9 Å². The van der Waals surface area contributed by atoms with Crippen LogP contribution in [0.4, 0.5) is 0 Å². The first-order valence-corrected chi connectivity index (χ1v) is 18.3. The molecule has 0 unspecified atom stereocenters. The average molecular weight is 701 g/mol. The average Bonchev–Trinajstić information content (AvgIpc) is 3.28. The summed E-state index contributed by atoms with van der Waals surface area (Å²) in [5.41, 5.74) is -0.105. The molecule has 270 valence electrons. The quantitative estimate of drug-likeness (QED) is 0.151. The van der Waals surface area contributed by atoms with Crippen molar-refractivity contribution >= 4 is 46.9 Å². The highest BCUT2D eigenvalue weighted by Gasteiger charge is 2.53. The number of ketones is 1. The molecule has 12 heteroatoms. The van der Waals surface area contributed by atoms with Crippen LogP contribution in [-0.4, -0.2) is 81.1 Å². The summed E-state index contributed by atoms with van der Waals surface area (Å²) in [6, 6.07) is 0. The minimum absolute atomic E-state index is 0.123. The van der Waals surface area contributed by atoms with Crippen LogP contribution in [0.15, 0.2) is 23.1 Å². The Morgan fingerprint density at radius 1 is 1.12 bits per heavy atom. The van der Waals surface area contributed by atoms with Gasteiger partial charge in [-0.2, -0.15) is 0 Å². The van der Waals surface area contributed by atoms with Gasteiger partial charge in [0.2, 0.25) is 0 Å². The summed E-state index contributed by atoms with van der Waals surface area (Å²) in [7, 11) is 0. The van der Waals surface area contributed by atoms with Gasteiger partial charge < -0.3 is 19.3 Å². The Labute approximate surface area is 293 Å². The number of aryl methyl sites for hydroxylation is 1. The summed E-state index contributed by atoms with van der Waals surface area (Å²) >= 11 is 1.54. The Morgan fingerprint density at radius 2 is 1.82 bits per heavy atom. The number of esters is 2. The van der Waals surface area contributed by atoms with Crippen molar-refractivity contribution in [3.63, 3.8) is 0 Å². The fourth-order valence-corrected chi connectivity index (χ4v) is 7.42. The minimum atomic E-state index is -1.33. The molecule has 3 aliphatic rings. The standard InChI is InChI=1S/C37H52N2O9S/c1-22-12-11-16-37(7)29(48-37)19-27(23(2)18-26-21-49-25(4)38-26)46-33(44)20-28(40)36(5,6)35(45)24(3)34(22)47-32(43)13-9-8-10-17-39-30(41)14-15-31(39)42/h14-15,18,21-22,24,27-29,34,40H,8-13,16-17,19-20H2,1-7H3/b23-18+/t22-,24+,27-,28-,29-,34-,37+/m0/s1. The second-order valence-corrected chi connectivity index (χ2v) is 15.8. The number of cyclic esters (lactones) is 1. The number of imide groups is 1. The third kappa shape index (κ3) is 9.94. The molecular formula is C37H52N2O9S. The first-order chi connectivity index (χ1) is 23.0. The Balaban J connectivity index is 1.43. The van der Waals surface area contributed by atoms with Crippen LogP contribution in [0.5, 0.6) is 0 Å². The molecule has 1 aromatic rings. The number of nitrogens with zero attached hydrogens (tertiary/aromatic N) is 2. The first-order valence-electron chi connectivity index (χ1n) is 17.4. The zero-order chi connectivity index (χ0) is 36.1. The molecule has 4 heterocycles. The Bertz CT molecular complexity index is 1450. The maximum atomic E-state index is 14.0. The van der Waals surface area contributed by atoms with Crippen molar-refractivity contribution < 1.29 is 43.3 Å². The zero-order valence-electron chi connectivity index (χ0n) is 29.9. The van der Waals surface area contributed by atoms with Crippen molar-refractivity contribution in [2.24, 2.45) is 17.3 Å². The van der Waals surface area contributed by atoms with E-state index in [-0.39, 0.29) is 42.5 Å². The first kappa shape index (κ1) is 38.6. The highest BCUT2D eigenvalue weighted by molar-refractivity contribution is 7.09. The number of rotatable bonds is 9. The number of aliphatic hydroxyl groups excluding tert-OH is 1. The number of carbonyl (C=O) groups is 5. The van der Waals surface area contributed by atoms with Gasteiger partial charge in [0, 0.05) is 36.9 Å². The molecule has 2 fully saturated rings. The van der Waals surface area contributed by atoms with Crippen LogP contribution in [0.3, 0.4) is 0 Å². The summed E-state index contributed by atoms with van der Waals surface area (Å²) < 4.78 is 18.1. The van der Waals surface area contributed by atoms with Crippen molar-refractivity contribution in [1.29, 1.82) is 0 Å². The van der Waals surface area contributed by atoms with Crippen molar-refractivity contribution in [2.45, 2.75) is 136 Å². The molecule has 1 aromatic heterocycles. The van der Waals surface area contributed by atoms with Gasteiger partial charge in [0.05, 0.1) is 46.3 Å². The van der Waals surface area contributed by atoms with E-state index >= 15 is 0 Å². The summed E-state index contributed by atoms with van der Waals surface area (Å²) in [5.74, 6) is -2.90. The van der Waals surface area contributed by atoms with Gasteiger partial charge >= 0.3 is 11.9 Å². The molecule has 49 heavy (non-hydrogen) atoms. The van der Waals surface area contributed by atoms with Crippen LogP contribution in [0, 0.1) is 24.2 Å². The molecule has 1 N–H and O–H groups in total. The number of thiazole rings is 1. The lowest BCUT2D eigenvalue weighted by atomic mass is 9.72. The maximum absolute atomic E-state index is 14.0. The highest BCUT2D eigenvalue weighted by atomic mass is 32.1. The molecule has 0 spiro atoms. The molecule has 4 rings (SSSR count). The van der Waals surface area contributed by atoms with Crippen LogP contribution in [0.1, 0.15) is 110 Å². The number of ether oxygens (including phenoxy) is 3. The molecule has 11 nitrogen and oxygen atoms in total. The monoisotopic (exact) mass is 700 g/mol. The second-order valence-electron chi connectivity index (χ2n) is 14.7. The van der Waals surface area contributed by atoms with E-state index in [0.717, 1.165) is 29.1 Å². The molecule has 0 aliphatic carbocycles. The fourth-order valence-electron chi connectivity index (χ4n) is 6.85. The van der Waals surface area contributed by atoms with Crippen LogP contribution in [0.2, 0.25) is 0 Å². The SMILES string of the molecule is C/C(=C\c1csc(C)n1)[C@@H]1C[C@@H]2O[C@]2(C)CCC[C@H](C)[C@H](OC(=O)CCCCCN2C(=O)C=CC2=O)[C@@H](C)C(=O)C(C)(C)[C@@H](O)CC(=O)O1. The number of Topliss-reactive ketones (excluding diaryl/α,β-unsaturated/α-hetero) is 1. The number of aliphatic hydroxyl groups is 1.